The quantitative estimate of drug-likeness (QED) is 0.248. The van der Waals surface area contributed by atoms with E-state index in [1.165, 1.54) is 23.5 Å². The van der Waals surface area contributed by atoms with Crippen LogP contribution in [0.25, 0.3) is 23.6 Å². The van der Waals surface area contributed by atoms with Crippen LogP contribution in [0, 0.1) is 0 Å². The van der Waals surface area contributed by atoms with Gasteiger partial charge in [-0.2, -0.15) is 13.2 Å². The van der Waals surface area contributed by atoms with Gasteiger partial charge in [0.1, 0.15) is 29.3 Å². The third kappa shape index (κ3) is 5.87. The maximum atomic E-state index is 12.7. The molecular formula is C25H18F3N5O2S. The number of hydrogen-bond donors (Lipinski definition) is 0. The molecule has 3 aromatic heterocycles. The molecule has 0 spiro atoms. The van der Waals surface area contributed by atoms with E-state index in [1.807, 2.05) is 29.6 Å². The van der Waals surface area contributed by atoms with Crippen molar-refractivity contribution in [3.8, 4) is 17.2 Å². The molecule has 5 aromatic rings. The molecule has 182 valence electrons. The lowest BCUT2D eigenvalue weighted by Crippen LogP contribution is -2.03. The Balaban J connectivity index is 1.14. The molecule has 0 aliphatic rings. The van der Waals surface area contributed by atoms with Gasteiger partial charge in [-0.25, -0.2) is 14.6 Å². The van der Waals surface area contributed by atoms with Crippen molar-refractivity contribution in [3.63, 3.8) is 0 Å². The van der Waals surface area contributed by atoms with Gasteiger partial charge in [0.05, 0.1) is 24.0 Å². The largest absolute Gasteiger partial charge is 0.487 e. The molecule has 0 fully saturated rings. The summed E-state index contributed by atoms with van der Waals surface area (Å²) in [7, 11) is 0. The monoisotopic (exact) mass is 509 g/mol. The number of nitrogens with zero attached hydrogens (tertiary/aromatic N) is 5. The highest BCUT2D eigenvalue weighted by Gasteiger charge is 2.29. The highest BCUT2D eigenvalue weighted by Crippen LogP contribution is 2.29. The van der Waals surface area contributed by atoms with Crippen LogP contribution < -0.4 is 4.74 Å². The molecule has 0 saturated carbocycles. The summed E-state index contributed by atoms with van der Waals surface area (Å²) in [5.41, 5.74) is 2.29. The first-order valence-corrected chi connectivity index (χ1v) is 11.6. The third-order valence-electron chi connectivity index (χ3n) is 5.06. The van der Waals surface area contributed by atoms with Crippen LogP contribution in [0.4, 0.5) is 13.2 Å². The Morgan fingerprint density at radius 1 is 0.972 bits per heavy atom. The number of rotatable bonds is 8. The molecule has 7 nitrogen and oxygen atoms in total. The van der Waals surface area contributed by atoms with Crippen molar-refractivity contribution in [1.29, 1.82) is 0 Å². The molecule has 5 rings (SSSR count). The zero-order valence-electron chi connectivity index (χ0n) is 18.6. The van der Waals surface area contributed by atoms with E-state index < -0.39 is 11.7 Å². The van der Waals surface area contributed by atoms with E-state index in [2.05, 4.69) is 20.3 Å². The predicted molar refractivity (Wildman–Crippen MR) is 128 cm³/mol. The van der Waals surface area contributed by atoms with Gasteiger partial charge in [0.25, 0.3) is 0 Å². The summed E-state index contributed by atoms with van der Waals surface area (Å²) < 4.78 is 51.1. The number of halogens is 3. The summed E-state index contributed by atoms with van der Waals surface area (Å²) >= 11 is 1.43. The van der Waals surface area contributed by atoms with E-state index in [4.69, 9.17) is 9.15 Å². The highest BCUT2D eigenvalue weighted by atomic mass is 32.1. The Bertz CT molecular complexity index is 1440. The van der Waals surface area contributed by atoms with Crippen molar-refractivity contribution in [3.05, 3.63) is 100 Å². The number of thiazole rings is 1. The minimum absolute atomic E-state index is 0.283. The molecule has 2 aromatic carbocycles. The fourth-order valence-corrected chi connectivity index (χ4v) is 3.96. The van der Waals surface area contributed by atoms with E-state index in [9.17, 15) is 13.2 Å². The van der Waals surface area contributed by atoms with Gasteiger partial charge in [0.2, 0.25) is 5.89 Å². The number of oxazole rings is 1. The van der Waals surface area contributed by atoms with E-state index in [0.29, 0.717) is 23.7 Å². The van der Waals surface area contributed by atoms with Gasteiger partial charge in [-0.15, -0.1) is 16.4 Å². The number of benzene rings is 2. The Hall–Kier alpha value is -4.25. The van der Waals surface area contributed by atoms with Gasteiger partial charge in [0, 0.05) is 17.1 Å². The third-order valence-corrected chi connectivity index (χ3v) is 5.92. The Morgan fingerprint density at radius 3 is 2.50 bits per heavy atom. The standard InChI is InChI=1S/C25H18F3N5O2S/c26-25(27,28)19-6-1-17(2-7-19)3-10-23-30-21(16-36-23)15-34-22-8-4-18(5-9-22)24-31-20(14-35-24)13-33-12-11-29-32-33/h1-12,14,16H,13,15H2/b10-3+. The van der Waals surface area contributed by atoms with E-state index in [1.54, 1.807) is 35.5 Å². The maximum absolute atomic E-state index is 12.7. The summed E-state index contributed by atoms with van der Waals surface area (Å²) in [6, 6.07) is 12.4. The molecule has 0 aliphatic carbocycles. The summed E-state index contributed by atoms with van der Waals surface area (Å²) in [5.74, 6) is 1.17. The number of ether oxygens (including phenoxy) is 1. The average molecular weight is 510 g/mol. The zero-order chi connectivity index (χ0) is 25.0. The van der Waals surface area contributed by atoms with Gasteiger partial charge in [0.15, 0.2) is 0 Å². The maximum Gasteiger partial charge on any atom is 0.416 e. The van der Waals surface area contributed by atoms with Crippen molar-refractivity contribution in [2.75, 3.05) is 0 Å². The lowest BCUT2D eigenvalue weighted by molar-refractivity contribution is -0.137. The van der Waals surface area contributed by atoms with Crippen LogP contribution in [0.3, 0.4) is 0 Å². The molecule has 0 atom stereocenters. The van der Waals surface area contributed by atoms with Crippen LogP contribution in [0.2, 0.25) is 0 Å². The summed E-state index contributed by atoms with van der Waals surface area (Å²) in [6.07, 6.45) is 4.09. The van der Waals surface area contributed by atoms with Gasteiger partial charge in [-0.05, 0) is 48.0 Å². The molecule has 36 heavy (non-hydrogen) atoms. The van der Waals surface area contributed by atoms with Crippen LogP contribution in [-0.2, 0) is 19.3 Å². The topological polar surface area (TPSA) is 78.9 Å². The molecule has 0 radical (unpaired) electrons. The van der Waals surface area contributed by atoms with E-state index >= 15 is 0 Å². The van der Waals surface area contributed by atoms with Crippen LogP contribution in [0.1, 0.15) is 27.5 Å². The molecule has 0 saturated heterocycles. The lowest BCUT2D eigenvalue weighted by Gasteiger charge is -2.05. The van der Waals surface area contributed by atoms with Gasteiger partial charge < -0.3 is 9.15 Å². The van der Waals surface area contributed by atoms with Crippen LogP contribution in [-0.4, -0.2) is 25.0 Å². The first-order valence-electron chi connectivity index (χ1n) is 10.7. The molecule has 0 bridgehead atoms. The smallest absolute Gasteiger partial charge is 0.416 e. The second-order valence-corrected chi connectivity index (χ2v) is 8.58. The first kappa shape index (κ1) is 23.5. The highest BCUT2D eigenvalue weighted by molar-refractivity contribution is 7.10. The van der Waals surface area contributed by atoms with Crippen molar-refractivity contribution >= 4 is 23.5 Å². The van der Waals surface area contributed by atoms with Crippen molar-refractivity contribution in [2.24, 2.45) is 0 Å². The molecular weight excluding hydrogens is 491 g/mol. The predicted octanol–water partition coefficient (Wildman–Crippen LogP) is 6.21. The summed E-state index contributed by atoms with van der Waals surface area (Å²) in [6.45, 7) is 0.755. The molecule has 11 heteroatoms. The molecule has 0 unspecified atom stereocenters. The molecule has 3 heterocycles. The minimum Gasteiger partial charge on any atom is -0.487 e. The number of alkyl halides is 3. The molecule has 0 amide bonds. The molecule has 0 aliphatic heterocycles. The Morgan fingerprint density at radius 2 is 1.78 bits per heavy atom. The van der Waals surface area contributed by atoms with Gasteiger partial charge in [-0.1, -0.05) is 23.4 Å². The van der Waals surface area contributed by atoms with E-state index in [-0.39, 0.29) is 6.61 Å². The van der Waals surface area contributed by atoms with Crippen LogP contribution >= 0.6 is 11.3 Å². The fourth-order valence-electron chi connectivity index (χ4n) is 3.26. The number of hydrogen-bond acceptors (Lipinski definition) is 7. The lowest BCUT2D eigenvalue weighted by atomic mass is 10.1. The Labute approximate surface area is 207 Å². The van der Waals surface area contributed by atoms with Gasteiger partial charge in [-0.3, -0.25) is 0 Å². The molecule has 0 N–H and O–H groups in total. The van der Waals surface area contributed by atoms with Crippen molar-refractivity contribution in [1.82, 2.24) is 25.0 Å². The summed E-state index contributed by atoms with van der Waals surface area (Å²) in [5, 5.41) is 10.3. The number of aromatic nitrogens is 5. The van der Waals surface area contributed by atoms with E-state index in [0.717, 1.165) is 34.1 Å². The summed E-state index contributed by atoms with van der Waals surface area (Å²) in [4.78, 5) is 8.96. The normalized spacial score (nSPS) is 11.9. The minimum atomic E-state index is -4.34. The van der Waals surface area contributed by atoms with Crippen LogP contribution in [0.5, 0.6) is 5.75 Å². The average Bonchev–Trinajstić information content (AvgIpc) is 3.65. The van der Waals surface area contributed by atoms with Crippen molar-refractivity contribution < 1.29 is 22.3 Å². The first-order chi connectivity index (χ1) is 17.4. The SMILES string of the molecule is FC(F)(F)c1ccc(/C=C/c2nc(COc3ccc(-c4nc(Cn5ccnn5)co4)cc3)cs2)cc1. The second-order valence-electron chi connectivity index (χ2n) is 7.69. The zero-order valence-corrected chi connectivity index (χ0v) is 19.4. The Kier molecular flexibility index (Phi) is 6.63. The fraction of sp³-hybridized carbons (Fsp3) is 0.120. The van der Waals surface area contributed by atoms with Crippen molar-refractivity contribution in [2.45, 2.75) is 19.3 Å². The van der Waals surface area contributed by atoms with Gasteiger partial charge >= 0.3 is 6.18 Å². The second kappa shape index (κ2) is 10.2. The van der Waals surface area contributed by atoms with Crippen LogP contribution in [0.15, 0.2) is 77.0 Å².